The summed E-state index contributed by atoms with van der Waals surface area (Å²) in [6.07, 6.45) is 2.27. The highest BCUT2D eigenvalue weighted by molar-refractivity contribution is 5.95. The summed E-state index contributed by atoms with van der Waals surface area (Å²) in [5.41, 5.74) is 4.60. The number of nitrogens with one attached hydrogen (secondary N) is 1. The van der Waals surface area contributed by atoms with Gasteiger partial charge in [0.25, 0.3) is 5.78 Å². The van der Waals surface area contributed by atoms with Crippen LogP contribution in [0.3, 0.4) is 0 Å². The highest BCUT2D eigenvalue weighted by Gasteiger charge is 2.14. The number of methoxy groups -OCH3 is 1. The lowest BCUT2D eigenvalue weighted by molar-refractivity contribution is -0.116. The smallest absolute Gasteiger partial charge is 0.337 e. The Morgan fingerprint density at radius 1 is 1.22 bits per heavy atom. The molecular weight excluding hydrogens is 346 g/mol. The van der Waals surface area contributed by atoms with Crippen LogP contribution in [0.4, 0.5) is 5.69 Å². The highest BCUT2D eigenvalue weighted by atomic mass is 16.5. The first-order chi connectivity index (χ1) is 12.9. The predicted molar refractivity (Wildman–Crippen MR) is 99.7 cm³/mol. The van der Waals surface area contributed by atoms with E-state index in [1.54, 1.807) is 22.7 Å². The monoisotopic (exact) mass is 367 g/mol. The van der Waals surface area contributed by atoms with Crippen molar-refractivity contribution in [2.75, 3.05) is 12.4 Å². The van der Waals surface area contributed by atoms with Crippen LogP contribution in [0, 0.1) is 20.8 Å². The number of rotatable bonds is 5. The van der Waals surface area contributed by atoms with Crippen molar-refractivity contribution >= 4 is 23.3 Å². The number of aromatic nitrogens is 4. The van der Waals surface area contributed by atoms with Gasteiger partial charge in [0.15, 0.2) is 0 Å². The second-order valence-electron chi connectivity index (χ2n) is 6.30. The molecule has 0 aliphatic rings. The summed E-state index contributed by atoms with van der Waals surface area (Å²) in [7, 11) is 1.32. The van der Waals surface area contributed by atoms with Crippen LogP contribution in [0.1, 0.15) is 39.3 Å². The van der Waals surface area contributed by atoms with E-state index >= 15 is 0 Å². The summed E-state index contributed by atoms with van der Waals surface area (Å²) in [5, 5.41) is 7.03. The minimum atomic E-state index is -0.441. The van der Waals surface area contributed by atoms with E-state index in [0.29, 0.717) is 23.4 Å². The SMILES string of the molecule is COC(=O)c1ccc(C)c(NC(=O)CCc2c(C)nc3ncnn3c2C)c1. The van der Waals surface area contributed by atoms with Gasteiger partial charge in [0, 0.05) is 23.5 Å². The Hall–Kier alpha value is -3.29. The Morgan fingerprint density at radius 3 is 2.74 bits per heavy atom. The Balaban J connectivity index is 1.73. The number of anilines is 1. The maximum atomic E-state index is 12.4. The van der Waals surface area contributed by atoms with Gasteiger partial charge >= 0.3 is 5.97 Å². The summed E-state index contributed by atoms with van der Waals surface area (Å²) < 4.78 is 6.40. The van der Waals surface area contributed by atoms with Crippen molar-refractivity contribution in [2.45, 2.75) is 33.6 Å². The number of amides is 1. The predicted octanol–water partition coefficient (Wildman–Crippen LogP) is 2.41. The van der Waals surface area contributed by atoms with Crippen molar-refractivity contribution in [3.05, 3.63) is 52.6 Å². The molecule has 0 unspecified atom stereocenters. The zero-order chi connectivity index (χ0) is 19.6. The molecule has 2 aromatic heterocycles. The molecule has 1 N–H and O–H groups in total. The van der Waals surface area contributed by atoms with Crippen LogP contribution in [0.25, 0.3) is 5.78 Å². The maximum absolute atomic E-state index is 12.4. The van der Waals surface area contributed by atoms with Gasteiger partial charge in [-0.05, 0) is 50.5 Å². The van der Waals surface area contributed by atoms with Gasteiger partial charge in [-0.1, -0.05) is 6.07 Å². The van der Waals surface area contributed by atoms with E-state index in [0.717, 1.165) is 22.5 Å². The van der Waals surface area contributed by atoms with Crippen molar-refractivity contribution in [1.29, 1.82) is 0 Å². The van der Waals surface area contributed by atoms with Gasteiger partial charge in [-0.15, -0.1) is 0 Å². The van der Waals surface area contributed by atoms with Gasteiger partial charge in [-0.25, -0.2) is 14.3 Å². The van der Waals surface area contributed by atoms with Gasteiger partial charge in [-0.2, -0.15) is 10.1 Å². The lowest BCUT2D eigenvalue weighted by atomic mass is 10.1. The molecule has 0 aliphatic heterocycles. The molecule has 140 valence electrons. The summed E-state index contributed by atoms with van der Waals surface area (Å²) in [6, 6.07) is 5.07. The highest BCUT2D eigenvalue weighted by Crippen LogP contribution is 2.19. The number of nitrogens with zero attached hydrogens (tertiary/aromatic N) is 4. The molecule has 0 fully saturated rings. The van der Waals surface area contributed by atoms with Crippen LogP contribution in [0.5, 0.6) is 0 Å². The first kappa shape index (κ1) is 18.5. The zero-order valence-corrected chi connectivity index (χ0v) is 15.7. The molecule has 0 atom stereocenters. The molecule has 27 heavy (non-hydrogen) atoms. The number of carbonyl (C=O) groups is 2. The van der Waals surface area contributed by atoms with Gasteiger partial charge < -0.3 is 10.1 Å². The number of esters is 1. The van der Waals surface area contributed by atoms with E-state index in [4.69, 9.17) is 4.74 Å². The van der Waals surface area contributed by atoms with Gasteiger partial charge in [-0.3, -0.25) is 4.79 Å². The van der Waals surface area contributed by atoms with E-state index in [2.05, 4.69) is 20.4 Å². The number of carbonyl (C=O) groups excluding carboxylic acids is 2. The molecule has 8 heteroatoms. The molecule has 1 aromatic carbocycles. The van der Waals surface area contributed by atoms with Crippen LogP contribution < -0.4 is 5.32 Å². The lowest BCUT2D eigenvalue weighted by Crippen LogP contribution is -2.15. The van der Waals surface area contributed by atoms with Gasteiger partial charge in [0.05, 0.1) is 12.7 Å². The van der Waals surface area contributed by atoms with Crippen molar-refractivity contribution in [3.63, 3.8) is 0 Å². The Labute approximate surface area is 156 Å². The zero-order valence-electron chi connectivity index (χ0n) is 15.7. The average molecular weight is 367 g/mol. The molecule has 8 nitrogen and oxygen atoms in total. The fraction of sp³-hybridized carbons (Fsp3) is 0.316. The molecule has 0 radical (unpaired) electrons. The lowest BCUT2D eigenvalue weighted by Gasteiger charge is -2.12. The normalized spacial score (nSPS) is 10.8. The number of ether oxygens (including phenoxy) is 1. The van der Waals surface area contributed by atoms with E-state index < -0.39 is 5.97 Å². The molecule has 0 aliphatic carbocycles. The molecule has 0 saturated heterocycles. The maximum Gasteiger partial charge on any atom is 0.337 e. The molecular formula is C19H21N5O3. The van der Waals surface area contributed by atoms with E-state index in [-0.39, 0.29) is 12.3 Å². The molecule has 0 saturated carbocycles. The standard InChI is InChI=1S/C19H21N5O3/c1-11-5-6-14(18(26)27-4)9-16(11)23-17(25)8-7-15-12(2)22-19-20-10-21-24(19)13(15)3/h5-6,9-10H,7-8H2,1-4H3,(H,23,25). The number of fused-ring (bicyclic) bond motifs is 1. The summed E-state index contributed by atoms with van der Waals surface area (Å²) in [6.45, 7) is 5.71. The topological polar surface area (TPSA) is 98.5 Å². The summed E-state index contributed by atoms with van der Waals surface area (Å²) in [5.74, 6) is -0.0324. The summed E-state index contributed by atoms with van der Waals surface area (Å²) >= 11 is 0. The van der Waals surface area contributed by atoms with Crippen LogP contribution in [0.15, 0.2) is 24.5 Å². The van der Waals surface area contributed by atoms with Crippen molar-refractivity contribution in [1.82, 2.24) is 19.6 Å². The minimum Gasteiger partial charge on any atom is -0.465 e. The molecule has 2 heterocycles. The second-order valence-corrected chi connectivity index (χ2v) is 6.30. The third-order valence-corrected chi connectivity index (χ3v) is 4.52. The van der Waals surface area contributed by atoms with E-state index in [1.165, 1.54) is 13.4 Å². The molecule has 1 amide bonds. The molecule has 3 aromatic rings. The van der Waals surface area contributed by atoms with Gasteiger partial charge in [0.2, 0.25) is 5.91 Å². The van der Waals surface area contributed by atoms with E-state index in [9.17, 15) is 9.59 Å². The third kappa shape index (κ3) is 3.79. The van der Waals surface area contributed by atoms with Crippen molar-refractivity contribution < 1.29 is 14.3 Å². The first-order valence-electron chi connectivity index (χ1n) is 8.55. The number of benzene rings is 1. The number of hydrogen-bond donors (Lipinski definition) is 1. The fourth-order valence-corrected chi connectivity index (χ4v) is 2.97. The average Bonchev–Trinajstić information content (AvgIpc) is 3.11. The van der Waals surface area contributed by atoms with E-state index in [1.807, 2.05) is 20.8 Å². The van der Waals surface area contributed by atoms with Crippen LogP contribution in [-0.2, 0) is 16.0 Å². The number of hydrogen-bond acceptors (Lipinski definition) is 6. The number of aryl methyl sites for hydroxylation is 3. The van der Waals surface area contributed by atoms with Crippen molar-refractivity contribution in [3.8, 4) is 0 Å². The van der Waals surface area contributed by atoms with Crippen molar-refractivity contribution in [2.24, 2.45) is 0 Å². The van der Waals surface area contributed by atoms with Crippen LogP contribution in [-0.4, -0.2) is 38.6 Å². The first-order valence-corrected chi connectivity index (χ1v) is 8.55. The van der Waals surface area contributed by atoms with Crippen LogP contribution in [0.2, 0.25) is 0 Å². The van der Waals surface area contributed by atoms with Gasteiger partial charge in [0.1, 0.15) is 6.33 Å². The fourth-order valence-electron chi connectivity index (χ4n) is 2.97. The Bertz CT molecular complexity index is 1030. The largest absolute Gasteiger partial charge is 0.465 e. The van der Waals surface area contributed by atoms with Crippen LogP contribution >= 0.6 is 0 Å². The molecule has 3 rings (SSSR count). The summed E-state index contributed by atoms with van der Waals surface area (Å²) in [4.78, 5) is 32.6. The Kier molecular flexibility index (Phi) is 5.16. The molecule has 0 spiro atoms. The minimum absolute atomic E-state index is 0.141. The quantitative estimate of drug-likeness (QED) is 0.695. The molecule has 0 bridgehead atoms. The second kappa shape index (κ2) is 7.53. The third-order valence-electron chi connectivity index (χ3n) is 4.52. The Morgan fingerprint density at radius 2 is 2.00 bits per heavy atom.